The molecule has 1 aromatic carbocycles. The van der Waals surface area contributed by atoms with Gasteiger partial charge >= 0.3 is 0 Å². The van der Waals surface area contributed by atoms with Crippen LogP contribution in [0.25, 0.3) is 0 Å². The van der Waals surface area contributed by atoms with E-state index < -0.39 is 0 Å². The summed E-state index contributed by atoms with van der Waals surface area (Å²) in [4.78, 5) is 2.45. The quantitative estimate of drug-likeness (QED) is 0.819. The normalized spacial score (nSPS) is 20.4. The molecule has 1 unspecified atom stereocenters. The molecule has 1 aliphatic heterocycles. The van der Waals surface area contributed by atoms with E-state index in [2.05, 4.69) is 18.7 Å². The summed E-state index contributed by atoms with van der Waals surface area (Å²) in [6, 6.07) is 6.65. The highest BCUT2D eigenvalue weighted by Gasteiger charge is 2.25. The molecule has 1 saturated heterocycles. The predicted molar refractivity (Wildman–Crippen MR) is 73.5 cm³/mol. The van der Waals surface area contributed by atoms with E-state index in [1.807, 2.05) is 25.1 Å². The molecule has 0 aromatic heterocycles. The minimum atomic E-state index is 0.305. The Balaban J connectivity index is 1.98. The van der Waals surface area contributed by atoms with Gasteiger partial charge in [0, 0.05) is 25.2 Å². The molecule has 0 aliphatic carbocycles. The Hall–Kier alpha value is -1.22. The van der Waals surface area contributed by atoms with Gasteiger partial charge in [0.15, 0.2) is 0 Å². The van der Waals surface area contributed by atoms with E-state index in [1.165, 1.54) is 0 Å². The van der Waals surface area contributed by atoms with Crippen LogP contribution in [-0.2, 0) is 0 Å². The molecule has 1 atom stereocenters. The first-order valence-corrected chi connectivity index (χ1v) is 6.65. The Morgan fingerprint density at radius 1 is 1.33 bits per heavy atom. The van der Waals surface area contributed by atoms with Crippen LogP contribution in [-0.4, -0.2) is 37.2 Å². The Morgan fingerprint density at radius 2 is 2.11 bits per heavy atom. The second kappa shape index (κ2) is 5.61. The van der Waals surface area contributed by atoms with Gasteiger partial charge < -0.3 is 9.47 Å². The van der Waals surface area contributed by atoms with Crippen molar-refractivity contribution in [1.29, 1.82) is 0 Å². The highest BCUT2D eigenvalue weighted by molar-refractivity contribution is 5.39. The van der Waals surface area contributed by atoms with Crippen molar-refractivity contribution in [3.8, 4) is 11.5 Å². The van der Waals surface area contributed by atoms with Crippen LogP contribution >= 0.6 is 0 Å². The van der Waals surface area contributed by atoms with Crippen molar-refractivity contribution in [2.75, 3.05) is 20.2 Å². The first kappa shape index (κ1) is 13.2. The molecule has 0 spiro atoms. The summed E-state index contributed by atoms with van der Waals surface area (Å²) in [5.74, 6) is 1.80. The monoisotopic (exact) mass is 249 g/mol. The number of ether oxygens (including phenoxy) is 2. The van der Waals surface area contributed by atoms with Gasteiger partial charge in [-0.1, -0.05) is 6.07 Å². The molecule has 18 heavy (non-hydrogen) atoms. The highest BCUT2D eigenvalue weighted by atomic mass is 16.5. The molecule has 0 N–H and O–H groups in total. The van der Waals surface area contributed by atoms with Crippen LogP contribution in [0.3, 0.4) is 0 Å². The average Bonchev–Trinajstić information content (AvgIpc) is 2.80. The van der Waals surface area contributed by atoms with Crippen molar-refractivity contribution >= 4 is 0 Å². The predicted octanol–water partition coefficient (Wildman–Crippen LogP) is 2.87. The summed E-state index contributed by atoms with van der Waals surface area (Å²) >= 11 is 0. The summed E-state index contributed by atoms with van der Waals surface area (Å²) in [6.45, 7) is 8.66. The molecule has 1 fully saturated rings. The summed E-state index contributed by atoms with van der Waals surface area (Å²) in [7, 11) is 1.70. The molecular formula is C15H23NO2. The van der Waals surface area contributed by atoms with Gasteiger partial charge in [0.2, 0.25) is 0 Å². The van der Waals surface area contributed by atoms with Gasteiger partial charge in [-0.2, -0.15) is 0 Å². The molecule has 3 nitrogen and oxygen atoms in total. The molecule has 0 bridgehead atoms. The van der Waals surface area contributed by atoms with Crippen molar-refractivity contribution in [2.45, 2.75) is 39.3 Å². The van der Waals surface area contributed by atoms with E-state index in [0.29, 0.717) is 12.1 Å². The van der Waals surface area contributed by atoms with E-state index in [4.69, 9.17) is 9.47 Å². The Labute approximate surface area is 110 Å². The lowest BCUT2D eigenvalue weighted by Gasteiger charge is -2.20. The summed E-state index contributed by atoms with van der Waals surface area (Å²) in [5, 5.41) is 0. The topological polar surface area (TPSA) is 21.7 Å². The number of likely N-dealkylation sites (tertiary alicyclic amines) is 1. The lowest BCUT2D eigenvalue weighted by molar-refractivity contribution is 0.186. The number of benzene rings is 1. The molecule has 0 amide bonds. The van der Waals surface area contributed by atoms with E-state index in [-0.39, 0.29) is 0 Å². The third-order valence-electron chi connectivity index (χ3n) is 3.59. The number of hydrogen-bond acceptors (Lipinski definition) is 3. The number of aryl methyl sites for hydroxylation is 1. The maximum absolute atomic E-state index is 6.03. The number of hydrogen-bond donors (Lipinski definition) is 0. The zero-order chi connectivity index (χ0) is 13.1. The third kappa shape index (κ3) is 2.96. The van der Waals surface area contributed by atoms with Gasteiger partial charge in [0.25, 0.3) is 0 Å². The molecule has 0 saturated carbocycles. The minimum Gasteiger partial charge on any atom is -0.496 e. The van der Waals surface area contributed by atoms with Crippen LogP contribution in [0.15, 0.2) is 18.2 Å². The molecular weight excluding hydrogens is 226 g/mol. The maximum atomic E-state index is 6.03. The van der Waals surface area contributed by atoms with Crippen LogP contribution in [0.5, 0.6) is 11.5 Å². The van der Waals surface area contributed by atoms with Gasteiger partial charge in [-0.15, -0.1) is 0 Å². The van der Waals surface area contributed by atoms with Crippen molar-refractivity contribution < 1.29 is 9.47 Å². The van der Waals surface area contributed by atoms with Crippen molar-refractivity contribution in [2.24, 2.45) is 0 Å². The smallest absolute Gasteiger partial charge is 0.125 e. The second-order valence-corrected chi connectivity index (χ2v) is 5.25. The average molecular weight is 249 g/mol. The molecule has 1 aromatic rings. The van der Waals surface area contributed by atoms with Gasteiger partial charge in [0.1, 0.15) is 17.6 Å². The first-order chi connectivity index (χ1) is 8.60. The molecule has 1 heterocycles. The first-order valence-electron chi connectivity index (χ1n) is 6.65. The highest BCUT2D eigenvalue weighted by Crippen LogP contribution is 2.26. The summed E-state index contributed by atoms with van der Waals surface area (Å²) in [6.07, 6.45) is 1.41. The lowest BCUT2D eigenvalue weighted by Crippen LogP contribution is -2.30. The Kier molecular flexibility index (Phi) is 4.12. The SMILES string of the molecule is COc1cc(OC2CCN(C(C)C)C2)ccc1C. The van der Waals surface area contributed by atoms with Crippen LogP contribution in [0, 0.1) is 6.92 Å². The van der Waals surface area contributed by atoms with Gasteiger partial charge in [-0.3, -0.25) is 4.90 Å². The van der Waals surface area contributed by atoms with Crippen molar-refractivity contribution in [3.05, 3.63) is 23.8 Å². The molecule has 2 rings (SSSR count). The molecule has 0 radical (unpaired) electrons. The number of methoxy groups -OCH3 is 1. The summed E-state index contributed by atoms with van der Waals surface area (Å²) < 4.78 is 11.4. The van der Waals surface area contributed by atoms with Crippen LogP contribution in [0.2, 0.25) is 0 Å². The fourth-order valence-electron chi connectivity index (χ4n) is 2.39. The fourth-order valence-corrected chi connectivity index (χ4v) is 2.39. The minimum absolute atomic E-state index is 0.305. The van der Waals surface area contributed by atoms with Crippen LogP contribution < -0.4 is 9.47 Å². The van der Waals surface area contributed by atoms with Gasteiger partial charge in [0.05, 0.1) is 7.11 Å². The van der Waals surface area contributed by atoms with E-state index in [1.54, 1.807) is 7.11 Å². The lowest BCUT2D eigenvalue weighted by atomic mass is 10.2. The maximum Gasteiger partial charge on any atom is 0.125 e. The third-order valence-corrected chi connectivity index (χ3v) is 3.59. The molecule has 100 valence electrons. The van der Waals surface area contributed by atoms with E-state index in [0.717, 1.165) is 36.6 Å². The Morgan fingerprint density at radius 3 is 2.72 bits per heavy atom. The van der Waals surface area contributed by atoms with E-state index in [9.17, 15) is 0 Å². The van der Waals surface area contributed by atoms with Crippen LogP contribution in [0.1, 0.15) is 25.8 Å². The zero-order valence-electron chi connectivity index (χ0n) is 11.8. The summed E-state index contributed by atoms with van der Waals surface area (Å²) in [5.41, 5.74) is 1.14. The number of nitrogens with zero attached hydrogens (tertiary/aromatic N) is 1. The largest absolute Gasteiger partial charge is 0.496 e. The molecule has 1 aliphatic rings. The van der Waals surface area contributed by atoms with E-state index >= 15 is 0 Å². The zero-order valence-corrected chi connectivity index (χ0v) is 11.8. The van der Waals surface area contributed by atoms with Gasteiger partial charge in [-0.05, 0) is 38.8 Å². The van der Waals surface area contributed by atoms with Crippen molar-refractivity contribution in [1.82, 2.24) is 4.90 Å². The standard InChI is InChI=1S/C15H23NO2/c1-11(2)16-8-7-14(10-16)18-13-6-5-12(3)15(9-13)17-4/h5-6,9,11,14H,7-8,10H2,1-4H3. The van der Waals surface area contributed by atoms with Crippen molar-refractivity contribution in [3.63, 3.8) is 0 Å². The Bertz CT molecular complexity index is 403. The van der Waals surface area contributed by atoms with Gasteiger partial charge in [-0.25, -0.2) is 0 Å². The van der Waals surface area contributed by atoms with Crippen LogP contribution in [0.4, 0.5) is 0 Å². The number of rotatable bonds is 4. The second-order valence-electron chi connectivity index (χ2n) is 5.25. The molecule has 3 heteroatoms. The fraction of sp³-hybridized carbons (Fsp3) is 0.600.